The lowest BCUT2D eigenvalue weighted by Crippen LogP contribution is -2.25. The van der Waals surface area contributed by atoms with Crippen LogP contribution in [0.1, 0.15) is 23.7 Å². The number of carboxylic acid groups (broad SMARTS) is 1. The number of nitrogen functional groups attached to an aromatic ring is 1. The lowest BCUT2D eigenvalue weighted by molar-refractivity contribution is -0.118. The van der Waals surface area contributed by atoms with Crippen molar-refractivity contribution in [1.82, 2.24) is 5.32 Å². The molecule has 6 heteroatoms. The molecule has 0 spiro atoms. The van der Waals surface area contributed by atoms with Crippen molar-refractivity contribution in [3.63, 3.8) is 0 Å². The molecule has 0 bridgehead atoms. The van der Waals surface area contributed by atoms with Gasteiger partial charge in [-0.1, -0.05) is 13.0 Å². The Morgan fingerprint density at radius 3 is 2.78 bits per heavy atom. The van der Waals surface area contributed by atoms with Gasteiger partial charge < -0.3 is 16.2 Å². The molecule has 0 aromatic heterocycles. The van der Waals surface area contributed by atoms with Crippen molar-refractivity contribution in [2.24, 2.45) is 0 Å². The first-order valence-corrected chi connectivity index (χ1v) is 6.56. The number of rotatable bonds is 6. The maximum absolute atomic E-state index is 11.4. The molecular weight excluding hydrogens is 252 g/mol. The van der Waals surface area contributed by atoms with Gasteiger partial charge in [-0.25, -0.2) is 4.79 Å². The summed E-state index contributed by atoms with van der Waals surface area (Å²) in [6, 6.07) is 4.68. The summed E-state index contributed by atoms with van der Waals surface area (Å²) >= 11 is 1.14. The van der Waals surface area contributed by atoms with Crippen LogP contribution in [0.25, 0.3) is 0 Å². The number of carbonyl (C=O) groups excluding carboxylic acids is 1. The fraction of sp³-hybridized carbons (Fsp3) is 0.333. The Labute approximate surface area is 110 Å². The van der Waals surface area contributed by atoms with Gasteiger partial charge in [-0.3, -0.25) is 4.79 Å². The van der Waals surface area contributed by atoms with Crippen molar-refractivity contribution in [3.05, 3.63) is 23.8 Å². The van der Waals surface area contributed by atoms with Crippen LogP contribution in [-0.2, 0) is 4.79 Å². The molecule has 1 rings (SSSR count). The molecule has 0 heterocycles. The quantitative estimate of drug-likeness (QED) is 0.538. The second-order valence-corrected chi connectivity index (χ2v) is 4.65. The number of nitrogens with one attached hydrogen (secondary N) is 1. The summed E-state index contributed by atoms with van der Waals surface area (Å²) in [6.45, 7) is 2.58. The largest absolute Gasteiger partial charge is 0.478 e. The number of aromatic carboxylic acids is 1. The molecule has 0 aliphatic heterocycles. The lowest BCUT2D eigenvalue weighted by Gasteiger charge is -2.09. The van der Waals surface area contributed by atoms with E-state index in [1.54, 1.807) is 12.1 Å². The van der Waals surface area contributed by atoms with Crippen LogP contribution in [0.3, 0.4) is 0 Å². The van der Waals surface area contributed by atoms with Gasteiger partial charge in [-0.2, -0.15) is 0 Å². The third-order valence-electron chi connectivity index (χ3n) is 2.20. The first-order valence-electron chi connectivity index (χ1n) is 5.57. The molecule has 0 aliphatic carbocycles. The SMILES string of the molecule is CCCNC(=O)CSc1c(N)cccc1C(=O)O. The van der Waals surface area contributed by atoms with Crippen LogP contribution >= 0.6 is 11.8 Å². The normalized spacial score (nSPS) is 10.1. The smallest absolute Gasteiger partial charge is 0.336 e. The fourth-order valence-electron chi connectivity index (χ4n) is 1.34. The van der Waals surface area contributed by atoms with E-state index < -0.39 is 5.97 Å². The molecular formula is C12H16N2O3S. The monoisotopic (exact) mass is 268 g/mol. The predicted octanol–water partition coefficient (Wildman–Crippen LogP) is 1.59. The summed E-state index contributed by atoms with van der Waals surface area (Å²) < 4.78 is 0. The average molecular weight is 268 g/mol. The third kappa shape index (κ3) is 3.96. The molecule has 0 saturated carbocycles. The second kappa shape index (κ2) is 6.90. The predicted molar refractivity (Wildman–Crippen MR) is 71.8 cm³/mol. The first-order chi connectivity index (χ1) is 8.56. The number of thioether (sulfide) groups is 1. The molecule has 1 aromatic carbocycles. The van der Waals surface area contributed by atoms with E-state index in [0.717, 1.165) is 18.2 Å². The topological polar surface area (TPSA) is 92.4 Å². The van der Waals surface area contributed by atoms with Crippen LogP contribution < -0.4 is 11.1 Å². The highest BCUT2D eigenvalue weighted by atomic mass is 32.2. The van der Waals surface area contributed by atoms with Crippen LogP contribution in [0.15, 0.2) is 23.1 Å². The molecule has 0 unspecified atom stereocenters. The number of amides is 1. The molecule has 1 aromatic rings. The van der Waals surface area contributed by atoms with Gasteiger partial charge in [0, 0.05) is 17.1 Å². The minimum Gasteiger partial charge on any atom is -0.478 e. The van der Waals surface area contributed by atoms with Crippen LogP contribution in [0.5, 0.6) is 0 Å². The number of hydrogen-bond donors (Lipinski definition) is 3. The summed E-state index contributed by atoms with van der Waals surface area (Å²) in [5.41, 5.74) is 6.24. The summed E-state index contributed by atoms with van der Waals surface area (Å²) in [5.74, 6) is -1.01. The minimum absolute atomic E-state index is 0.124. The van der Waals surface area contributed by atoms with Crippen molar-refractivity contribution in [1.29, 1.82) is 0 Å². The van der Waals surface area contributed by atoms with E-state index in [9.17, 15) is 9.59 Å². The zero-order chi connectivity index (χ0) is 13.5. The van der Waals surface area contributed by atoms with Crippen LogP contribution in [0.4, 0.5) is 5.69 Å². The molecule has 1 amide bonds. The van der Waals surface area contributed by atoms with Gasteiger partial charge in [0.2, 0.25) is 5.91 Å². The third-order valence-corrected chi connectivity index (χ3v) is 3.35. The van der Waals surface area contributed by atoms with E-state index in [4.69, 9.17) is 10.8 Å². The minimum atomic E-state index is -1.04. The standard InChI is InChI=1S/C12H16N2O3S/c1-2-6-14-10(15)7-18-11-8(12(16)17)4-3-5-9(11)13/h3-5H,2,6-7,13H2,1H3,(H,14,15)(H,16,17). The van der Waals surface area contributed by atoms with E-state index in [0.29, 0.717) is 17.1 Å². The van der Waals surface area contributed by atoms with E-state index >= 15 is 0 Å². The lowest BCUT2D eigenvalue weighted by atomic mass is 10.2. The molecule has 4 N–H and O–H groups in total. The van der Waals surface area contributed by atoms with Gasteiger partial charge in [0.25, 0.3) is 0 Å². The summed E-state index contributed by atoms with van der Waals surface area (Å²) in [6.07, 6.45) is 0.865. The van der Waals surface area contributed by atoms with Crippen LogP contribution in [-0.4, -0.2) is 29.3 Å². The number of hydrogen-bond acceptors (Lipinski definition) is 4. The summed E-state index contributed by atoms with van der Waals surface area (Å²) in [5, 5.41) is 11.8. The summed E-state index contributed by atoms with van der Waals surface area (Å²) in [7, 11) is 0. The Morgan fingerprint density at radius 2 is 2.17 bits per heavy atom. The van der Waals surface area contributed by atoms with Crippen LogP contribution in [0.2, 0.25) is 0 Å². The number of carbonyl (C=O) groups is 2. The maximum Gasteiger partial charge on any atom is 0.336 e. The van der Waals surface area contributed by atoms with E-state index in [-0.39, 0.29) is 17.2 Å². The number of anilines is 1. The van der Waals surface area contributed by atoms with Crippen molar-refractivity contribution >= 4 is 29.3 Å². The molecule has 0 saturated heterocycles. The van der Waals surface area contributed by atoms with Gasteiger partial charge in [-0.15, -0.1) is 11.8 Å². The highest BCUT2D eigenvalue weighted by Crippen LogP contribution is 2.28. The molecule has 0 atom stereocenters. The van der Waals surface area contributed by atoms with Crippen molar-refractivity contribution in [3.8, 4) is 0 Å². The number of nitrogens with two attached hydrogens (primary N) is 1. The van der Waals surface area contributed by atoms with E-state index in [1.165, 1.54) is 6.07 Å². The Morgan fingerprint density at radius 1 is 1.44 bits per heavy atom. The Balaban J connectivity index is 2.72. The van der Waals surface area contributed by atoms with Crippen LogP contribution in [0, 0.1) is 0 Å². The molecule has 18 heavy (non-hydrogen) atoms. The highest BCUT2D eigenvalue weighted by molar-refractivity contribution is 8.00. The first kappa shape index (κ1) is 14.4. The van der Waals surface area contributed by atoms with Gasteiger partial charge in [-0.05, 0) is 18.6 Å². The highest BCUT2D eigenvalue weighted by Gasteiger charge is 2.14. The Hall–Kier alpha value is -1.69. The molecule has 0 aliphatic rings. The number of carboxylic acids is 1. The second-order valence-electron chi connectivity index (χ2n) is 3.67. The number of benzene rings is 1. The Kier molecular flexibility index (Phi) is 5.51. The summed E-state index contributed by atoms with van der Waals surface area (Å²) in [4.78, 5) is 22.9. The van der Waals surface area contributed by atoms with Crippen molar-refractivity contribution < 1.29 is 14.7 Å². The Bertz CT molecular complexity index is 449. The zero-order valence-corrected chi connectivity index (χ0v) is 10.9. The average Bonchev–Trinajstić information content (AvgIpc) is 2.34. The molecule has 0 fully saturated rings. The molecule has 5 nitrogen and oxygen atoms in total. The van der Waals surface area contributed by atoms with Crippen molar-refractivity contribution in [2.45, 2.75) is 18.2 Å². The van der Waals surface area contributed by atoms with Gasteiger partial charge in [0.15, 0.2) is 0 Å². The van der Waals surface area contributed by atoms with Crippen molar-refractivity contribution in [2.75, 3.05) is 18.0 Å². The van der Waals surface area contributed by atoms with Gasteiger partial charge in [0.1, 0.15) is 0 Å². The molecule has 98 valence electrons. The molecule has 0 radical (unpaired) electrons. The van der Waals surface area contributed by atoms with E-state index in [1.807, 2.05) is 6.92 Å². The van der Waals surface area contributed by atoms with Gasteiger partial charge in [0.05, 0.1) is 11.3 Å². The van der Waals surface area contributed by atoms with Gasteiger partial charge >= 0.3 is 5.97 Å². The maximum atomic E-state index is 11.4. The fourth-order valence-corrected chi connectivity index (χ4v) is 2.26. The van der Waals surface area contributed by atoms with E-state index in [2.05, 4.69) is 5.32 Å². The zero-order valence-electron chi connectivity index (χ0n) is 10.1.